The van der Waals surface area contributed by atoms with Crippen LogP contribution in [0.25, 0.3) is 22.6 Å². The van der Waals surface area contributed by atoms with E-state index in [1.54, 1.807) is 12.1 Å². The minimum atomic E-state index is -1.08. The van der Waals surface area contributed by atoms with Gasteiger partial charge in [0.2, 0.25) is 5.89 Å². The van der Waals surface area contributed by atoms with E-state index in [2.05, 4.69) is 10.3 Å². The summed E-state index contributed by atoms with van der Waals surface area (Å²) in [7, 11) is 0. The van der Waals surface area contributed by atoms with Gasteiger partial charge in [-0.1, -0.05) is 23.7 Å². The first kappa shape index (κ1) is 18.1. The van der Waals surface area contributed by atoms with Gasteiger partial charge in [-0.15, -0.1) is 0 Å². The first-order valence-corrected chi connectivity index (χ1v) is 8.41. The third-order valence-electron chi connectivity index (χ3n) is 4.00. The number of anilines is 1. The molecule has 4 nitrogen and oxygen atoms in total. The Morgan fingerprint density at radius 2 is 1.71 bits per heavy atom. The van der Waals surface area contributed by atoms with Gasteiger partial charge in [-0.05, 0) is 42.5 Å². The fraction of sp³-hybridized carbons (Fsp3) is 0. The highest BCUT2D eigenvalue weighted by Gasteiger charge is 2.17. The van der Waals surface area contributed by atoms with Crippen LogP contribution in [0.1, 0.15) is 10.4 Å². The maximum absolute atomic E-state index is 13.7. The summed E-state index contributed by atoms with van der Waals surface area (Å²) in [4.78, 5) is 16.4. The fourth-order valence-corrected chi connectivity index (χ4v) is 2.88. The number of halogens is 4. The zero-order valence-electron chi connectivity index (χ0n) is 14.0. The standard InChI is InChI=1S/C20H10ClF3N2O2/c21-13-9-16(24)15(23)8-12(13)20-26-17-7-10(5-6-18(17)28-20)25-19(27)11-3-1-2-4-14(11)22/h1-9H,(H,25,27). The minimum absolute atomic E-state index is 0.00326. The monoisotopic (exact) mass is 402 g/mol. The molecule has 0 bridgehead atoms. The Morgan fingerprint density at radius 1 is 0.964 bits per heavy atom. The second-order valence-corrected chi connectivity index (χ2v) is 6.29. The number of aromatic nitrogens is 1. The number of hydrogen-bond acceptors (Lipinski definition) is 3. The van der Waals surface area contributed by atoms with Crippen molar-refractivity contribution in [2.45, 2.75) is 0 Å². The predicted octanol–water partition coefficient (Wildman–Crippen LogP) is 5.82. The maximum atomic E-state index is 13.7. The quantitative estimate of drug-likeness (QED) is 0.439. The molecule has 28 heavy (non-hydrogen) atoms. The number of nitrogens with one attached hydrogen (secondary N) is 1. The highest BCUT2D eigenvalue weighted by molar-refractivity contribution is 6.33. The Morgan fingerprint density at radius 3 is 2.50 bits per heavy atom. The van der Waals surface area contributed by atoms with Crippen LogP contribution in [0.5, 0.6) is 0 Å². The highest BCUT2D eigenvalue weighted by Crippen LogP contribution is 2.32. The summed E-state index contributed by atoms with van der Waals surface area (Å²) in [6.45, 7) is 0. The second-order valence-electron chi connectivity index (χ2n) is 5.88. The fourth-order valence-electron chi connectivity index (χ4n) is 2.65. The van der Waals surface area contributed by atoms with Gasteiger partial charge < -0.3 is 9.73 Å². The number of benzene rings is 3. The summed E-state index contributed by atoms with van der Waals surface area (Å²) in [6, 6.07) is 11.9. The Balaban J connectivity index is 1.67. The number of rotatable bonds is 3. The summed E-state index contributed by atoms with van der Waals surface area (Å²) >= 11 is 5.95. The van der Waals surface area contributed by atoms with Crippen LogP contribution >= 0.6 is 11.6 Å². The summed E-state index contributed by atoms with van der Waals surface area (Å²) in [5.74, 6) is -3.43. The molecule has 0 aliphatic carbocycles. The highest BCUT2D eigenvalue weighted by atomic mass is 35.5. The number of oxazole rings is 1. The van der Waals surface area contributed by atoms with Crippen LogP contribution in [0.3, 0.4) is 0 Å². The molecule has 0 atom stereocenters. The van der Waals surface area contributed by atoms with Crippen LogP contribution in [0, 0.1) is 17.5 Å². The van der Waals surface area contributed by atoms with Crippen molar-refractivity contribution in [3.05, 3.63) is 82.6 Å². The molecule has 0 radical (unpaired) electrons. The Hall–Kier alpha value is -3.32. The van der Waals surface area contributed by atoms with Gasteiger partial charge in [0.05, 0.1) is 16.1 Å². The summed E-state index contributed by atoms with van der Waals surface area (Å²) in [5, 5.41) is 2.52. The lowest BCUT2D eigenvalue weighted by molar-refractivity contribution is 0.102. The van der Waals surface area contributed by atoms with Gasteiger partial charge in [-0.2, -0.15) is 0 Å². The average Bonchev–Trinajstić information content (AvgIpc) is 3.08. The lowest BCUT2D eigenvalue weighted by Crippen LogP contribution is -2.13. The molecule has 4 rings (SSSR count). The van der Waals surface area contributed by atoms with E-state index < -0.39 is 23.4 Å². The van der Waals surface area contributed by atoms with Crippen LogP contribution in [0.15, 0.2) is 59.0 Å². The topological polar surface area (TPSA) is 55.1 Å². The lowest BCUT2D eigenvalue weighted by Gasteiger charge is -2.05. The molecule has 0 aliphatic heterocycles. The molecule has 140 valence electrons. The van der Waals surface area contributed by atoms with E-state index in [1.165, 1.54) is 30.3 Å². The van der Waals surface area contributed by atoms with E-state index in [0.29, 0.717) is 16.8 Å². The molecule has 0 aliphatic rings. The first-order chi connectivity index (χ1) is 13.4. The number of nitrogens with zero attached hydrogens (tertiary/aromatic N) is 1. The smallest absolute Gasteiger partial charge is 0.258 e. The van der Waals surface area contributed by atoms with Gasteiger partial charge >= 0.3 is 0 Å². The zero-order chi connectivity index (χ0) is 19.8. The Labute approximate surface area is 161 Å². The van der Waals surface area contributed by atoms with E-state index in [0.717, 1.165) is 12.1 Å². The molecule has 0 saturated carbocycles. The molecular formula is C20H10ClF3N2O2. The molecule has 1 heterocycles. The molecule has 0 fully saturated rings. The largest absolute Gasteiger partial charge is 0.436 e. The number of fused-ring (bicyclic) bond motifs is 1. The van der Waals surface area contributed by atoms with Crippen LogP contribution in [0.4, 0.5) is 18.9 Å². The van der Waals surface area contributed by atoms with Crippen molar-refractivity contribution < 1.29 is 22.4 Å². The van der Waals surface area contributed by atoms with Gasteiger partial charge in [-0.25, -0.2) is 18.2 Å². The molecule has 4 aromatic rings. The number of carbonyl (C=O) groups is 1. The number of amides is 1. The molecule has 8 heteroatoms. The third-order valence-corrected chi connectivity index (χ3v) is 4.32. The summed E-state index contributed by atoms with van der Waals surface area (Å²) < 4.78 is 46.0. The van der Waals surface area contributed by atoms with Crippen LogP contribution in [-0.2, 0) is 0 Å². The second kappa shape index (κ2) is 7.01. The predicted molar refractivity (Wildman–Crippen MR) is 98.7 cm³/mol. The molecule has 1 N–H and O–H groups in total. The number of carbonyl (C=O) groups excluding carboxylic acids is 1. The molecule has 0 spiro atoms. The van der Waals surface area contributed by atoms with Gasteiger partial charge in [0, 0.05) is 5.69 Å². The molecule has 1 aromatic heterocycles. The van der Waals surface area contributed by atoms with Crippen molar-refractivity contribution in [1.82, 2.24) is 4.98 Å². The average molecular weight is 403 g/mol. The minimum Gasteiger partial charge on any atom is -0.436 e. The van der Waals surface area contributed by atoms with Crippen molar-refractivity contribution in [2.24, 2.45) is 0 Å². The van der Waals surface area contributed by atoms with E-state index >= 15 is 0 Å². The molecule has 1 amide bonds. The Kier molecular flexibility index (Phi) is 4.52. The number of hydrogen-bond donors (Lipinski definition) is 1. The SMILES string of the molecule is O=C(Nc1ccc2oc(-c3cc(F)c(F)cc3Cl)nc2c1)c1ccccc1F. The van der Waals surface area contributed by atoms with Gasteiger partial charge in [0.25, 0.3) is 5.91 Å². The van der Waals surface area contributed by atoms with Crippen LogP contribution in [0.2, 0.25) is 5.02 Å². The Bertz CT molecular complexity index is 1220. The first-order valence-electron chi connectivity index (χ1n) is 8.04. The van der Waals surface area contributed by atoms with Gasteiger partial charge in [0.1, 0.15) is 11.3 Å². The lowest BCUT2D eigenvalue weighted by atomic mass is 10.2. The van der Waals surface area contributed by atoms with E-state index in [1.807, 2.05) is 0 Å². The molecule has 0 unspecified atom stereocenters. The summed E-state index contributed by atoms with van der Waals surface area (Å²) in [5.41, 5.74) is 1.05. The van der Waals surface area contributed by atoms with Crippen molar-refractivity contribution in [3.63, 3.8) is 0 Å². The molecule has 3 aromatic carbocycles. The van der Waals surface area contributed by atoms with Crippen molar-refractivity contribution in [1.29, 1.82) is 0 Å². The van der Waals surface area contributed by atoms with Gasteiger partial charge in [-0.3, -0.25) is 4.79 Å². The molecule has 0 saturated heterocycles. The zero-order valence-corrected chi connectivity index (χ0v) is 14.7. The summed E-state index contributed by atoms with van der Waals surface area (Å²) in [6.07, 6.45) is 0. The maximum Gasteiger partial charge on any atom is 0.258 e. The van der Waals surface area contributed by atoms with Crippen LogP contribution in [-0.4, -0.2) is 10.9 Å². The third kappa shape index (κ3) is 3.32. The van der Waals surface area contributed by atoms with Gasteiger partial charge in [0.15, 0.2) is 17.2 Å². The normalized spacial score (nSPS) is 11.0. The van der Waals surface area contributed by atoms with Crippen molar-refractivity contribution in [2.75, 3.05) is 5.32 Å². The van der Waals surface area contributed by atoms with Crippen molar-refractivity contribution in [3.8, 4) is 11.5 Å². The van der Waals surface area contributed by atoms with Crippen LogP contribution < -0.4 is 5.32 Å². The van der Waals surface area contributed by atoms with E-state index in [9.17, 15) is 18.0 Å². The van der Waals surface area contributed by atoms with E-state index in [-0.39, 0.29) is 22.0 Å². The van der Waals surface area contributed by atoms with E-state index in [4.69, 9.17) is 16.0 Å². The van der Waals surface area contributed by atoms with Crippen molar-refractivity contribution >= 4 is 34.3 Å². The molecular weight excluding hydrogens is 393 g/mol.